The highest BCUT2D eigenvalue weighted by Crippen LogP contribution is 2.25. The monoisotopic (exact) mass is 678 g/mol. The van der Waals surface area contributed by atoms with Crippen LogP contribution in [-0.4, -0.2) is 37.6 Å². The lowest BCUT2D eigenvalue weighted by Crippen LogP contribution is -2.42. The SMILES string of the molecule is CC(CNC(=O)c1cc(Br)ccc1OCCc1ccccc1)NC(=O)c1cc(Br)ccc1OCCc1ccccc1. The van der Waals surface area contributed by atoms with Crippen LogP contribution in [0.5, 0.6) is 11.5 Å². The number of carbonyl (C=O) groups is 2. The first-order chi connectivity index (χ1) is 19.9. The van der Waals surface area contributed by atoms with E-state index in [9.17, 15) is 9.59 Å². The quantitative estimate of drug-likeness (QED) is 0.160. The normalized spacial score (nSPS) is 11.4. The number of ether oxygens (including phenoxy) is 2. The van der Waals surface area contributed by atoms with E-state index in [1.54, 1.807) is 24.3 Å². The molecule has 0 bridgehead atoms. The van der Waals surface area contributed by atoms with Gasteiger partial charge in [0.05, 0.1) is 24.3 Å². The topological polar surface area (TPSA) is 76.7 Å². The Morgan fingerprint density at radius 2 is 1.15 bits per heavy atom. The molecule has 6 nitrogen and oxygen atoms in total. The number of hydrogen-bond donors (Lipinski definition) is 2. The molecule has 0 aliphatic carbocycles. The van der Waals surface area contributed by atoms with Gasteiger partial charge in [-0.05, 0) is 54.4 Å². The number of hydrogen-bond acceptors (Lipinski definition) is 4. The summed E-state index contributed by atoms with van der Waals surface area (Å²) in [6.45, 7) is 2.96. The first kappa shape index (κ1) is 30.3. The van der Waals surface area contributed by atoms with E-state index in [1.807, 2.05) is 79.7 Å². The number of nitrogens with one attached hydrogen (secondary N) is 2. The molecule has 0 fully saturated rings. The maximum atomic E-state index is 13.2. The number of benzene rings is 4. The smallest absolute Gasteiger partial charge is 0.255 e. The summed E-state index contributed by atoms with van der Waals surface area (Å²) in [7, 11) is 0. The van der Waals surface area contributed by atoms with Crippen molar-refractivity contribution in [1.82, 2.24) is 10.6 Å². The van der Waals surface area contributed by atoms with E-state index in [4.69, 9.17) is 9.47 Å². The fraction of sp³-hybridized carbons (Fsp3) is 0.212. The predicted molar refractivity (Wildman–Crippen MR) is 169 cm³/mol. The van der Waals surface area contributed by atoms with Gasteiger partial charge in [-0.3, -0.25) is 9.59 Å². The second kappa shape index (κ2) is 15.4. The Morgan fingerprint density at radius 3 is 1.63 bits per heavy atom. The third kappa shape index (κ3) is 9.47. The molecule has 41 heavy (non-hydrogen) atoms. The molecule has 0 aliphatic rings. The lowest BCUT2D eigenvalue weighted by Gasteiger charge is -2.18. The summed E-state index contributed by atoms with van der Waals surface area (Å²) in [4.78, 5) is 26.3. The molecular formula is C33H32Br2N2O4. The average molecular weight is 680 g/mol. The van der Waals surface area contributed by atoms with Crippen LogP contribution in [0.15, 0.2) is 106 Å². The molecule has 4 aromatic carbocycles. The van der Waals surface area contributed by atoms with Crippen molar-refractivity contribution in [2.75, 3.05) is 19.8 Å². The molecule has 0 radical (unpaired) electrons. The molecule has 0 aromatic heterocycles. The Morgan fingerprint density at radius 1 is 0.683 bits per heavy atom. The number of amides is 2. The van der Waals surface area contributed by atoms with Gasteiger partial charge in [0.1, 0.15) is 11.5 Å². The Kier molecular flexibility index (Phi) is 11.4. The van der Waals surface area contributed by atoms with E-state index in [0.717, 1.165) is 32.9 Å². The predicted octanol–water partition coefficient (Wildman–Crippen LogP) is 7.00. The van der Waals surface area contributed by atoms with Crippen LogP contribution in [0.2, 0.25) is 0 Å². The maximum absolute atomic E-state index is 13.2. The molecule has 0 saturated carbocycles. The minimum atomic E-state index is -0.336. The lowest BCUT2D eigenvalue weighted by molar-refractivity contribution is 0.0907. The minimum Gasteiger partial charge on any atom is -0.492 e. The van der Waals surface area contributed by atoms with Gasteiger partial charge in [0.15, 0.2) is 0 Å². The molecule has 0 heterocycles. The molecule has 4 rings (SSSR count). The highest BCUT2D eigenvalue weighted by molar-refractivity contribution is 9.10. The van der Waals surface area contributed by atoms with Gasteiger partial charge in [-0.25, -0.2) is 0 Å². The molecular weight excluding hydrogens is 648 g/mol. The van der Waals surface area contributed by atoms with Crippen LogP contribution < -0.4 is 20.1 Å². The summed E-state index contributed by atoms with van der Waals surface area (Å²) in [5.74, 6) is 0.443. The first-order valence-corrected chi connectivity index (χ1v) is 15.0. The van der Waals surface area contributed by atoms with Crippen LogP contribution in [0, 0.1) is 0 Å². The summed E-state index contributed by atoms with van der Waals surface area (Å²) in [6, 6.07) is 30.5. The summed E-state index contributed by atoms with van der Waals surface area (Å²) in [5.41, 5.74) is 3.17. The second-order valence-corrected chi connectivity index (χ2v) is 11.4. The number of rotatable bonds is 13. The molecule has 0 aliphatic heterocycles. The van der Waals surface area contributed by atoms with E-state index in [2.05, 4.69) is 42.5 Å². The zero-order chi connectivity index (χ0) is 29.0. The van der Waals surface area contributed by atoms with Gasteiger partial charge < -0.3 is 20.1 Å². The van der Waals surface area contributed by atoms with Gasteiger partial charge in [-0.2, -0.15) is 0 Å². The summed E-state index contributed by atoms with van der Waals surface area (Å²) >= 11 is 6.89. The molecule has 2 N–H and O–H groups in total. The fourth-order valence-corrected chi connectivity index (χ4v) is 4.87. The molecule has 0 spiro atoms. The average Bonchev–Trinajstić information content (AvgIpc) is 2.98. The van der Waals surface area contributed by atoms with E-state index in [-0.39, 0.29) is 24.4 Å². The van der Waals surface area contributed by atoms with Gasteiger partial charge in [0.2, 0.25) is 0 Å². The second-order valence-electron chi connectivity index (χ2n) is 9.53. The van der Waals surface area contributed by atoms with Gasteiger partial charge >= 0.3 is 0 Å². The van der Waals surface area contributed by atoms with Gasteiger partial charge in [0.25, 0.3) is 11.8 Å². The molecule has 0 saturated heterocycles. The molecule has 8 heteroatoms. The number of carbonyl (C=O) groups excluding carboxylic acids is 2. The lowest BCUT2D eigenvalue weighted by atomic mass is 10.1. The Labute approximate surface area is 257 Å². The third-order valence-electron chi connectivity index (χ3n) is 6.30. The van der Waals surface area contributed by atoms with Crippen LogP contribution in [0.1, 0.15) is 38.8 Å². The third-order valence-corrected chi connectivity index (χ3v) is 7.29. The summed E-state index contributed by atoms with van der Waals surface area (Å²) in [5, 5.41) is 5.88. The molecule has 1 unspecified atom stereocenters. The Balaban J connectivity index is 1.31. The van der Waals surface area contributed by atoms with Crippen LogP contribution >= 0.6 is 31.9 Å². The van der Waals surface area contributed by atoms with E-state index in [0.29, 0.717) is 35.8 Å². The van der Waals surface area contributed by atoms with Crippen molar-refractivity contribution in [3.05, 3.63) is 128 Å². The fourth-order valence-electron chi connectivity index (χ4n) is 4.15. The molecule has 4 aromatic rings. The van der Waals surface area contributed by atoms with Crippen molar-refractivity contribution in [3.63, 3.8) is 0 Å². The largest absolute Gasteiger partial charge is 0.492 e. The standard InChI is InChI=1S/C33H32Br2N2O4/c1-23(37-33(39)29-21-27(35)13-15-31(29)41-19-17-25-10-6-3-7-11-25)22-36-32(38)28-20-26(34)12-14-30(28)40-18-16-24-8-4-2-5-9-24/h2-15,20-21,23H,16-19,22H2,1H3,(H,36,38)(H,37,39). The van der Waals surface area contributed by atoms with Crippen molar-refractivity contribution < 1.29 is 19.1 Å². The zero-order valence-electron chi connectivity index (χ0n) is 22.7. The van der Waals surface area contributed by atoms with Crippen molar-refractivity contribution in [1.29, 1.82) is 0 Å². The van der Waals surface area contributed by atoms with Crippen LogP contribution in [0.3, 0.4) is 0 Å². The van der Waals surface area contributed by atoms with E-state index >= 15 is 0 Å². The van der Waals surface area contributed by atoms with Crippen LogP contribution in [0.25, 0.3) is 0 Å². The maximum Gasteiger partial charge on any atom is 0.255 e. The van der Waals surface area contributed by atoms with E-state index < -0.39 is 0 Å². The highest BCUT2D eigenvalue weighted by Gasteiger charge is 2.18. The molecule has 1 atom stereocenters. The highest BCUT2D eigenvalue weighted by atomic mass is 79.9. The van der Waals surface area contributed by atoms with Crippen molar-refractivity contribution >= 4 is 43.7 Å². The van der Waals surface area contributed by atoms with Crippen molar-refractivity contribution in [2.45, 2.75) is 25.8 Å². The zero-order valence-corrected chi connectivity index (χ0v) is 25.9. The van der Waals surface area contributed by atoms with E-state index in [1.165, 1.54) is 0 Å². The summed E-state index contributed by atoms with van der Waals surface area (Å²) < 4.78 is 13.5. The Hall–Kier alpha value is -3.62. The van der Waals surface area contributed by atoms with Crippen molar-refractivity contribution in [2.24, 2.45) is 0 Å². The van der Waals surface area contributed by atoms with Crippen LogP contribution in [0.4, 0.5) is 0 Å². The van der Waals surface area contributed by atoms with Crippen molar-refractivity contribution in [3.8, 4) is 11.5 Å². The Bertz CT molecular complexity index is 1450. The first-order valence-electron chi connectivity index (χ1n) is 13.4. The van der Waals surface area contributed by atoms with Gasteiger partial charge in [0, 0.05) is 34.4 Å². The molecule has 212 valence electrons. The minimum absolute atomic E-state index is 0.235. The number of halogens is 2. The van der Waals surface area contributed by atoms with Gasteiger partial charge in [-0.15, -0.1) is 0 Å². The van der Waals surface area contributed by atoms with Gasteiger partial charge in [-0.1, -0.05) is 92.5 Å². The van der Waals surface area contributed by atoms with Crippen LogP contribution in [-0.2, 0) is 12.8 Å². The summed E-state index contributed by atoms with van der Waals surface area (Å²) in [6.07, 6.45) is 1.46. The molecule has 2 amide bonds.